The Hall–Kier alpha value is -1.28. The fraction of sp³-hybridized carbons (Fsp3) is 0.333. The van der Waals surface area contributed by atoms with E-state index in [1.165, 1.54) is 10.9 Å². The van der Waals surface area contributed by atoms with Gasteiger partial charge in [-0.3, -0.25) is 0 Å². The number of likely N-dealkylation sites (N-methyl/N-ethyl adjacent to an activating group) is 1. The summed E-state index contributed by atoms with van der Waals surface area (Å²) in [6.45, 7) is 3.22. The zero-order valence-corrected chi connectivity index (χ0v) is 8.58. The zero-order valence-electron chi connectivity index (χ0n) is 8.58. The minimum Gasteiger partial charge on any atom is -0.464 e. The van der Waals surface area contributed by atoms with E-state index < -0.39 is 0 Å². The molecule has 1 N–H and O–H groups in total. The van der Waals surface area contributed by atoms with Gasteiger partial charge in [0, 0.05) is 11.9 Å². The van der Waals surface area contributed by atoms with Crippen LogP contribution in [0.5, 0.6) is 0 Å². The van der Waals surface area contributed by atoms with Crippen LogP contribution in [-0.4, -0.2) is 13.6 Å². The predicted molar refractivity (Wildman–Crippen MR) is 58.6 cm³/mol. The zero-order chi connectivity index (χ0) is 9.97. The van der Waals surface area contributed by atoms with Gasteiger partial charge in [0.15, 0.2) is 0 Å². The first-order valence-electron chi connectivity index (χ1n) is 4.93. The van der Waals surface area contributed by atoms with Crippen LogP contribution < -0.4 is 5.32 Å². The van der Waals surface area contributed by atoms with Gasteiger partial charge in [0.25, 0.3) is 0 Å². The summed E-state index contributed by atoms with van der Waals surface area (Å²) in [6.07, 6.45) is 1.73. The highest BCUT2D eigenvalue weighted by Crippen LogP contribution is 2.21. The quantitative estimate of drug-likeness (QED) is 0.803. The van der Waals surface area contributed by atoms with Crippen LogP contribution in [0, 0.1) is 0 Å². The van der Waals surface area contributed by atoms with E-state index in [0.29, 0.717) is 5.92 Å². The molecular formula is C12H15NO. The summed E-state index contributed by atoms with van der Waals surface area (Å²) in [6, 6.07) is 8.37. The number of fused-ring (bicyclic) bond motifs is 1. The molecule has 0 fully saturated rings. The van der Waals surface area contributed by atoms with Crippen molar-refractivity contribution in [3.8, 4) is 0 Å². The molecule has 0 aliphatic rings. The van der Waals surface area contributed by atoms with Gasteiger partial charge in [0.1, 0.15) is 5.58 Å². The highest BCUT2D eigenvalue weighted by atomic mass is 16.3. The fourth-order valence-electron chi connectivity index (χ4n) is 1.72. The second kappa shape index (κ2) is 3.84. The molecule has 1 unspecified atom stereocenters. The highest BCUT2D eigenvalue weighted by Gasteiger charge is 2.05. The Morgan fingerprint density at radius 2 is 2.21 bits per heavy atom. The van der Waals surface area contributed by atoms with Gasteiger partial charge >= 0.3 is 0 Å². The van der Waals surface area contributed by atoms with Crippen LogP contribution in [0.25, 0.3) is 11.0 Å². The molecule has 0 aliphatic heterocycles. The molecule has 0 bridgehead atoms. The number of hydrogen-bond donors (Lipinski definition) is 1. The lowest BCUT2D eigenvalue weighted by Crippen LogP contribution is -2.14. The van der Waals surface area contributed by atoms with Crippen molar-refractivity contribution in [1.29, 1.82) is 0 Å². The molecule has 1 heterocycles. The van der Waals surface area contributed by atoms with Gasteiger partial charge in [0.2, 0.25) is 0 Å². The third kappa shape index (κ3) is 1.66. The van der Waals surface area contributed by atoms with Crippen LogP contribution in [0.2, 0.25) is 0 Å². The van der Waals surface area contributed by atoms with Crippen molar-refractivity contribution in [2.24, 2.45) is 0 Å². The lowest BCUT2D eigenvalue weighted by Gasteiger charge is -2.10. The second-order valence-corrected chi connectivity index (χ2v) is 3.68. The molecule has 2 aromatic rings. The molecule has 1 aromatic heterocycles. The Bertz CT molecular complexity index is 419. The summed E-state index contributed by atoms with van der Waals surface area (Å²) in [5.41, 5.74) is 2.32. The van der Waals surface area contributed by atoms with Crippen LogP contribution in [0.15, 0.2) is 34.9 Å². The van der Waals surface area contributed by atoms with Gasteiger partial charge in [-0.05, 0) is 36.7 Å². The predicted octanol–water partition coefficient (Wildman–Crippen LogP) is 2.76. The molecule has 2 heteroatoms. The number of benzene rings is 1. The minimum absolute atomic E-state index is 0.541. The van der Waals surface area contributed by atoms with Crippen molar-refractivity contribution in [2.45, 2.75) is 12.8 Å². The first-order chi connectivity index (χ1) is 6.81. The number of furan rings is 1. The van der Waals surface area contributed by atoms with Gasteiger partial charge in [-0.2, -0.15) is 0 Å². The first-order valence-corrected chi connectivity index (χ1v) is 4.93. The van der Waals surface area contributed by atoms with Crippen LogP contribution in [-0.2, 0) is 0 Å². The van der Waals surface area contributed by atoms with Crippen molar-refractivity contribution in [1.82, 2.24) is 5.32 Å². The highest BCUT2D eigenvalue weighted by molar-refractivity contribution is 5.77. The van der Waals surface area contributed by atoms with Crippen molar-refractivity contribution in [3.05, 3.63) is 36.1 Å². The van der Waals surface area contributed by atoms with E-state index in [1.807, 2.05) is 19.2 Å². The number of nitrogens with one attached hydrogen (secondary N) is 1. The molecule has 0 amide bonds. The van der Waals surface area contributed by atoms with Crippen LogP contribution in [0.4, 0.5) is 0 Å². The molecule has 0 radical (unpaired) electrons. The van der Waals surface area contributed by atoms with E-state index in [9.17, 15) is 0 Å². The molecule has 74 valence electrons. The SMILES string of the molecule is CNCC(C)c1ccc2occc2c1. The summed E-state index contributed by atoms with van der Waals surface area (Å²) in [4.78, 5) is 0. The van der Waals surface area contributed by atoms with E-state index >= 15 is 0 Å². The molecule has 0 aliphatic carbocycles. The Labute approximate surface area is 83.9 Å². The summed E-state index contributed by atoms with van der Waals surface area (Å²) < 4.78 is 5.30. The van der Waals surface area contributed by atoms with Crippen molar-refractivity contribution >= 4 is 11.0 Å². The molecule has 2 nitrogen and oxygen atoms in total. The van der Waals surface area contributed by atoms with Gasteiger partial charge in [0.05, 0.1) is 6.26 Å². The lowest BCUT2D eigenvalue weighted by molar-refractivity contribution is 0.615. The maximum absolute atomic E-state index is 5.30. The van der Waals surface area contributed by atoms with Gasteiger partial charge < -0.3 is 9.73 Å². The van der Waals surface area contributed by atoms with E-state index in [2.05, 4.69) is 24.4 Å². The fourth-order valence-corrected chi connectivity index (χ4v) is 1.72. The number of rotatable bonds is 3. The Morgan fingerprint density at radius 1 is 1.36 bits per heavy atom. The van der Waals surface area contributed by atoms with Crippen LogP contribution >= 0.6 is 0 Å². The van der Waals surface area contributed by atoms with Gasteiger partial charge in [-0.15, -0.1) is 0 Å². The molecule has 1 aromatic carbocycles. The van der Waals surface area contributed by atoms with Crippen molar-refractivity contribution in [3.63, 3.8) is 0 Å². The molecule has 2 rings (SSSR count). The maximum Gasteiger partial charge on any atom is 0.133 e. The molecule has 0 saturated heterocycles. The molecule has 0 spiro atoms. The normalized spacial score (nSPS) is 13.3. The Balaban J connectivity index is 2.33. The van der Waals surface area contributed by atoms with E-state index in [4.69, 9.17) is 4.42 Å². The van der Waals surface area contributed by atoms with Crippen molar-refractivity contribution < 1.29 is 4.42 Å². The van der Waals surface area contributed by atoms with E-state index in [-0.39, 0.29) is 0 Å². The first kappa shape index (κ1) is 9.28. The monoisotopic (exact) mass is 189 g/mol. The maximum atomic E-state index is 5.30. The average Bonchev–Trinajstić information content (AvgIpc) is 2.64. The van der Waals surface area contributed by atoms with E-state index in [0.717, 1.165) is 12.1 Å². The third-order valence-corrected chi connectivity index (χ3v) is 2.56. The molecular weight excluding hydrogens is 174 g/mol. The largest absolute Gasteiger partial charge is 0.464 e. The molecule has 14 heavy (non-hydrogen) atoms. The number of hydrogen-bond acceptors (Lipinski definition) is 2. The van der Waals surface area contributed by atoms with Crippen LogP contribution in [0.1, 0.15) is 18.4 Å². The second-order valence-electron chi connectivity index (χ2n) is 3.68. The van der Waals surface area contributed by atoms with E-state index in [1.54, 1.807) is 6.26 Å². The minimum atomic E-state index is 0.541. The topological polar surface area (TPSA) is 25.2 Å². The van der Waals surface area contributed by atoms with Gasteiger partial charge in [-0.1, -0.05) is 13.0 Å². The van der Waals surface area contributed by atoms with Crippen molar-refractivity contribution in [2.75, 3.05) is 13.6 Å². The third-order valence-electron chi connectivity index (χ3n) is 2.56. The standard InChI is InChI=1S/C12H15NO/c1-9(8-13-2)10-3-4-12-11(7-10)5-6-14-12/h3-7,9,13H,8H2,1-2H3. The van der Waals surface area contributed by atoms with Gasteiger partial charge in [-0.25, -0.2) is 0 Å². The summed E-state index contributed by atoms with van der Waals surface area (Å²) in [5.74, 6) is 0.541. The lowest BCUT2D eigenvalue weighted by atomic mass is 10.00. The Morgan fingerprint density at radius 3 is 3.00 bits per heavy atom. The Kier molecular flexibility index (Phi) is 2.55. The summed E-state index contributed by atoms with van der Waals surface area (Å²) in [7, 11) is 1.98. The summed E-state index contributed by atoms with van der Waals surface area (Å²) in [5, 5.41) is 4.37. The smallest absolute Gasteiger partial charge is 0.133 e. The molecule has 1 atom stereocenters. The summed E-state index contributed by atoms with van der Waals surface area (Å²) >= 11 is 0. The average molecular weight is 189 g/mol. The van der Waals surface area contributed by atoms with Crippen LogP contribution in [0.3, 0.4) is 0 Å². The molecule has 0 saturated carbocycles.